The molecule has 0 N–H and O–H groups in total. The maximum Gasteiger partial charge on any atom is 0.0984 e. The van der Waals surface area contributed by atoms with Gasteiger partial charge in [-0.1, -0.05) is 50.3 Å². The SMILES string of the molecule is Cn1c(C2CCN(CC3CCCCCCC3)C(C#N)C2)cc2ccccc21. The molecule has 0 spiro atoms. The van der Waals surface area contributed by atoms with Gasteiger partial charge in [0, 0.05) is 37.3 Å². The van der Waals surface area contributed by atoms with Gasteiger partial charge in [0.25, 0.3) is 0 Å². The zero-order valence-corrected chi connectivity index (χ0v) is 16.7. The second kappa shape index (κ2) is 8.48. The van der Waals surface area contributed by atoms with Gasteiger partial charge in [0.2, 0.25) is 0 Å². The van der Waals surface area contributed by atoms with Crippen molar-refractivity contribution in [3.8, 4) is 6.07 Å². The summed E-state index contributed by atoms with van der Waals surface area (Å²) in [7, 11) is 2.18. The molecule has 0 amide bonds. The number of nitriles is 1. The van der Waals surface area contributed by atoms with Crippen LogP contribution in [-0.2, 0) is 7.05 Å². The van der Waals surface area contributed by atoms with Gasteiger partial charge in [-0.15, -0.1) is 0 Å². The van der Waals surface area contributed by atoms with Crippen LogP contribution in [0, 0.1) is 17.2 Å². The van der Waals surface area contributed by atoms with Gasteiger partial charge in [-0.25, -0.2) is 0 Å². The first-order chi connectivity index (χ1) is 13.3. The monoisotopic (exact) mass is 363 g/mol. The van der Waals surface area contributed by atoms with Gasteiger partial charge >= 0.3 is 0 Å². The molecule has 144 valence electrons. The summed E-state index contributed by atoms with van der Waals surface area (Å²) < 4.78 is 2.35. The molecule has 4 rings (SSSR count). The minimum absolute atomic E-state index is 0.0761. The summed E-state index contributed by atoms with van der Waals surface area (Å²) in [5.41, 5.74) is 2.71. The third kappa shape index (κ3) is 4.06. The van der Waals surface area contributed by atoms with Gasteiger partial charge < -0.3 is 4.57 Å². The summed E-state index contributed by atoms with van der Waals surface area (Å²) in [4.78, 5) is 2.51. The van der Waals surface area contributed by atoms with E-state index in [1.807, 2.05) is 0 Å². The van der Waals surface area contributed by atoms with E-state index < -0.39 is 0 Å². The number of rotatable bonds is 3. The number of fused-ring (bicyclic) bond motifs is 1. The molecule has 2 fully saturated rings. The third-order valence-electron chi connectivity index (χ3n) is 6.99. The largest absolute Gasteiger partial charge is 0.347 e. The molecule has 27 heavy (non-hydrogen) atoms. The molecular weight excluding hydrogens is 330 g/mol. The molecule has 2 aliphatic rings. The molecule has 3 heteroatoms. The van der Waals surface area contributed by atoms with Crippen molar-refractivity contribution in [2.75, 3.05) is 13.1 Å². The quantitative estimate of drug-likeness (QED) is 0.710. The smallest absolute Gasteiger partial charge is 0.0984 e. The normalized spacial score (nSPS) is 25.8. The topological polar surface area (TPSA) is 32.0 Å². The van der Waals surface area contributed by atoms with Crippen molar-refractivity contribution in [2.45, 2.75) is 69.7 Å². The average Bonchev–Trinajstić information content (AvgIpc) is 3.01. The Morgan fingerprint density at radius 2 is 1.78 bits per heavy atom. The van der Waals surface area contributed by atoms with Crippen molar-refractivity contribution >= 4 is 10.9 Å². The first-order valence-corrected chi connectivity index (χ1v) is 10.9. The van der Waals surface area contributed by atoms with E-state index in [-0.39, 0.29) is 6.04 Å². The standard InChI is InChI=1S/C24H33N3/c1-26-23-12-8-7-11-20(23)16-24(26)21-13-14-27(22(15-21)17-25)18-19-9-5-3-2-4-6-10-19/h7-8,11-12,16,19,21-22H,2-6,9-10,13-15,18H2,1H3. The van der Waals surface area contributed by atoms with E-state index in [1.165, 1.54) is 68.0 Å². The highest BCUT2D eigenvalue weighted by molar-refractivity contribution is 5.81. The fourth-order valence-corrected chi connectivity index (χ4v) is 5.39. The van der Waals surface area contributed by atoms with Crippen molar-refractivity contribution in [1.29, 1.82) is 5.26 Å². The highest BCUT2D eigenvalue weighted by Crippen LogP contribution is 2.35. The van der Waals surface area contributed by atoms with E-state index >= 15 is 0 Å². The Morgan fingerprint density at radius 3 is 2.52 bits per heavy atom. The van der Waals surface area contributed by atoms with Gasteiger partial charge in [0.1, 0.15) is 0 Å². The third-order valence-corrected chi connectivity index (χ3v) is 6.99. The number of hydrogen-bond donors (Lipinski definition) is 0. The van der Waals surface area contributed by atoms with Gasteiger partial charge in [-0.2, -0.15) is 5.26 Å². The molecule has 2 aromatic rings. The van der Waals surface area contributed by atoms with Gasteiger partial charge in [0.05, 0.1) is 12.1 Å². The average molecular weight is 364 g/mol. The predicted molar refractivity (Wildman–Crippen MR) is 112 cm³/mol. The minimum Gasteiger partial charge on any atom is -0.347 e. The second-order valence-corrected chi connectivity index (χ2v) is 8.76. The maximum absolute atomic E-state index is 9.87. The first-order valence-electron chi connectivity index (χ1n) is 10.9. The fourth-order valence-electron chi connectivity index (χ4n) is 5.39. The van der Waals surface area contributed by atoms with Gasteiger partial charge in [-0.05, 0) is 49.1 Å². The Balaban J connectivity index is 1.44. The van der Waals surface area contributed by atoms with Gasteiger partial charge in [-0.3, -0.25) is 4.90 Å². The van der Waals surface area contributed by atoms with Crippen LogP contribution < -0.4 is 0 Å². The molecule has 1 aromatic carbocycles. The highest BCUT2D eigenvalue weighted by atomic mass is 15.2. The lowest BCUT2D eigenvalue weighted by molar-refractivity contribution is 0.133. The molecule has 1 aliphatic heterocycles. The number of likely N-dealkylation sites (tertiary alicyclic amines) is 1. The van der Waals surface area contributed by atoms with Crippen molar-refractivity contribution in [3.05, 3.63) is 36.0 Å². The van der Waals surface area contributed by atoms with E-state index in [4.69, 9.17) is 0 Å². The summed E-state index contributed by atoms with van der Waals surface area (Å²) in [5.74, 6) is 1.30. The Kier molecular flexibility index (Phi) is 5.83. The van der Waals surface area contributed by atoms with Crippen molar-refractivity contribution in [3.63, 3.8) is 0 Å². The number of aromatic nitrogens is 1. The Morgan fingerprint density at radius 1 is 1.04 bits per heavy atom. The van der Waals surface area contributed by atoms with E-state index in [2.05, 4.69) is 52.9 Å². The molecule has 1 aromatic heterocycles. The Labute approximate surface area is 164 Å². The van der Waals surface area contributed by atoms with E-state index in [0.29, 0.717) is 5.92 Å². The number of benzene rings is 1. The van der Waals surface area contributed by atoms with Crippen LogP contribution >= 0.6 is 0 Å². The fraction of sp³-hybridized carbons (Fsp3) is 0.625. The number of hydrogen-bond acceptors (Lipinski definition) is 2. The molecule has 1 saturated heterocycles. The molecule has 2 atom stereocenters. The maximum atomic E-state index is 9.87. The van der Waals surface area contributed by atoms with E-state index in [1.54, 1.807) is 0 Å². The van der Waals surface area contributed by atoms with Crippen LogP contribution in [-0.4, -0.2) is 28.6 Å². The Hall–Kier alpha value is -1.79. The highest BCUT2D eigenvalue weighted by Gasteiger charge is 2.32. The molecule has 0 bridgehead atoms. The Bertz CT molecular complexity index is 792. The summed E-state index contributed by atoms with van der Waals surface area (Å²) >= 11 is 0. The van der Waals surface area contributed by atoms with E-state index in [0.717, 1.165) is 25.4 Å². The molecule has 2 unspecified atom stereocenters. The summed E-state index contributed by atoms with van der Waals surface area (Å²) in [6, 6.07) is 13.7. The van der Waals surface area contributed by atoms with Crippen LogP contribution in [0.3, 0.4) is 0 Å². The van der Waals surface area contributed by atoms with Gasteiger partial charge in [0.15, 0.2) is 0 Å². The summed E-state index contributed by atoms with van der Waals surface area (Å²) in [5, 5.41) is 11.2. The molecule has 2 heterocycles. The predicted octanol–water partition coefficient (Wildman–Crippen LogP) is 5.61. The second-order valence-electron chi connectivity index (χ2n) is 8.76. The van der Waals surface area contributed by atoms with E-state index in [9.17, 15) is 5.26 Å². The number of para-hydroxylation sites is 1. The van der Waals surface area contributed by atoms with Crippen LogP contribution in [0.4, 0.5) is 0 Å². The van der Waals surface area contributed by atoms with Crippen molar-refractivity contribution in [1.82, 2.24) is 9.47 Å². The van der Waals surface area contributed by atoms with Crippen LogP contribution in [0.5, 0.6) is 0 Å². The van der Waals surface area contributed by atoms with Crippen molar-refractivity contribution < 1.29 is 0 Å². The lowest BCUT2D eigenvalue weighted by Crippen LogP contribution is -2.44. The zero-order chi connectivity index (χ0) is 18.6. The number of nitrogens with zero attached hydrogens (tertiary/aromatic N) is 3. The van der Waals surface area contributed by atoms with Crippen LogP contribution in [0.15, 0.2) is 30.3 Å². The molecule has 0 radical (unpaired) electrons. The lowest BCUT2D eigenvalue weighted by Gasteiger charge is -2.38. The zero-order valence-electron chi connectivity index (χ0n) is 16.7. The van der Waals surface area contributed by atoms with Crippen LogP contribution in [0.2, 0.25) is 0 Å². The number of aryl methyl sites for hydroxylation is 1. The van der Waals surface area contributed by atoms with Crippen LogP contribution in [0.1, 0.15) is 69.4 Å². The van der Waals surface area contributed by atoms with Crippen LogP contribution in [0.25, 0.3) is 10.9 Å². The molecule has 3 nitrogen and oxygen atoms in total. The minimum atomic E-state index is 0.0761. The van der Waals surface area contributed by atoms with Crippen molar-refractivity contribution in [2.24, 2.45) is 13.0 Å². The first kappa shape index (κ1) is 18.6. The number of piperidine rings is 1. The molecule has 1 aliphatic carbocycles. The lowest BCUT2D eigenvalue weighted by atomic mass is 9.86. The summed E-state index contributed by atoms with van der Waals surface area (Å²) in [6.07, 6.45) is 11.9. The summed E-state index contributed by atoms with van der Waals surface area (Å²) in [6.45, 7) is 2.21. The molecular formula is C24H33N3. The molecule has 1 saturated carbocycles.